The third-order valence-electron chi connectivity index (χ3n) is 6.00. The minimum Gasteiger partial charge on any atom is -0.375 e. The van der Waals surface area contributed by atoms with E-state index in [4.69, 9.17) is 16.3 Å². The van der Waals surface area contributed by atoms with Crippen molar-refractivity contribution in [2.45, 2.75) is 42.2 Å². The van der Waals surface area contributed by atoms with Crippen LogP contribution in [0.2, 0.25) is 5.02 Å². The SMILES string of the molecule is CO[C@@]1(CNC2(C)CC2)CCN(c2cc(F)c(SNc3cccc(F)n3)c(F)c2Cl)C1. The van der Waals surface area contributed by atoms with Crippen molar-refractivity contribution in [2.24, 2.45) is 0 Å². The molecule has 0 bridgehead atoms. The van der Waals surface area contributed by atoms with Crippen molar-refractivity contribution in [1.29, 1.82) is 0 Å². The maximum Gasteiger partial charge on any atom is 0.214 e. The van der Waals surface area contributed by atoms with Crippen molar-refractivity contribution in [1.82, 2.24) is 10.3 Å². The van der Waals surface area contributed by atoms with Gasteiger partial charge in [-0.15, -0.1) is 0 Å². The van der Waals surface area contributed by atoms with Crippen LogP contribution in [0.5, 0.6) is 0 Å². The second kappa shape index (κ2) is 8.69. The molecule has 1 aromatic heterocycles. The van der Waals surface area contributed by atoms with Crippen molar-refractivity contribution in [2.75, 3.05) is 36.4 Å². The quantitative estimate of drug-likeness (QED) is 0.320. The summed E-state index contributed by atoms with van der Waals surface area (Å²) >= 11 is 6.95. The van der Waals surface area contributed by atoms with Crippen LogP contribution in [-0.2, 0) is 4.74 Å². The van der Waals surface area contributed by atoms with Gasteiger partial charge in [0.1, 0.15) is 21.6 Å². The molecule has 2 aromatic rings. The molecule has 0 spiro atoms. The van der Waals surface area contributed by atoms with E-state index in [1.807, 2.05) is 4.90 Å². The zero-order valence-electron chi connectivity index (χ0n) is 17.3. The third kappa shape index (κ3) is 4.89. The number of rotatable bonds is 8. The predicted molar refractivity (Wildman–Crippen MR) is 117 cm³/mol. The molecule has 0 radical (unpaired) electrons. The molecule has 0 unspecified atom stereocenters. The van der Waals surface area contributed by atoms with Crippen LogP contribution in [0.1, 0.15) is 26.2 Å². The lowest BCUT2D eigenvalue weighted by Gasteiger charge is -2.30. The summed E-state index contributed by atoms with van der Waals surface area (Å²) in [5.74, 6) is -2.18. The molecule has 2 N–H and O–H groups in total. The van der Waals surface area contributed by atoms with Crippen molar-refractivity contribution >= 4 is 35.1 Å². The minimum absolute atomic E-state index is 0.144. The first-order chi connectivity index (χ1) is 14.7. The Morgan fingerprint density at radius 3 is 2.71 bits per heavy atom. The summed E-state index contributed by atoms with van der Waals surface area (Å²) in [4.78, 5) is 5.16. The highest BCUT2D eigenvalue weighted by Gasteiger charge is 2.44. The van der Waals surface area contributed by atoms with Crippen molar-refractivity contribution in [3.63, 3.8) is 0 Å². The fourth-order valence-electron chi connectivity index (χ4n) is 3.63. The number of hydrogen-bond acceptors (Lipinski definition) is 6. The molecule has 1 aliphatic carbocycles. The number of anilines is 2. The minimum atomic E-state index is -0.871. The van der Waals surface area contributed by atoms with Crippen LogP contribution < -0.4 is 14.9 Å². The molecule has 0 amide bonds. The Balaban J connectivity index is 1.49. The molecule has 1 saturated carbocycles. The van der Waals surface area contributed by atoms with E-state index in [0.29, 0.717) is 37.3 Å². The Bertz CT molecular complexity index is 978. The highest BCUT2D eigenvalue weighted by Crippen LogP contribution is 2.41. The van der Waals surface area contributed by atoms with E-state index in [9.17, 15) is 13.2 Å². The molecule has 2 fully saturated rings. The topological polar surface area (TPSA) is 49.4 Å². The number of methoxy groups -OCH3 is 1. The van der Waals surface area contributed by atoms with Crippen LogP contribution in [0.4, 0.5) is 24.7 Å². The van der Waals surface area contributed by atoms with Gasteiger partial charge in [0.2, 0.25) is 5.95 Å². The second-order valence-electron chi connectivity index (χ2n) is 8.36. The molecule has 168 valence electrons. The fourth-order valence-corrected chi connectivity index (χ4v) is 4.62. The summed E-state index contributed by atoms with van der Waals surface area (Å²) in [5.41, 5.74) is 0.0124. The first-order valence-electron chi connectivity index (χ1n) is 10.0. The number of benzene rings is 1. The van der Waals surface area contributed by atoms with E-state index in [1.165, 1.54) is 24.3 Å². The summed E-state index contributed by atoms with van der Waals surface area (Å²) in [5, 5.41) is 3.38. The van der Waals surface area contributed by atoms with Crippen LogP contribution in [0.3, 0.4) is 0 Å². The van der Waals surface area contributed by atoms with E-state index < -0.39 is 23.2 Å². The van der Waals surface area contributed by atoms with Crippen molar-refractivity contribution in [3.8, 4) is 0 Å². The van der Waals surface area contributed by atoms with E-state index in [1.54, 1.807) is 7.11 Å². The largest absolute Gasteiger partial charge is 0.375 e. The Morgan fingerprint density at radius 1 is 1.26 bits per heavy atom. The number of nitrogens with one attached hydrogen (secondary N) is 2. The van der Waals surface area contributed by atoms with Gasteiger partial charge in [-0.1, -0.05) is 17.7 Å². The monoisotopic (exact) mass is 472 g/mol. The van der Waals surface area contributed by atoms with E-state index in [-0.39, 0.29) is 21.3 Å². The molecule has 5 nitrogen and oxygen atoms in total. The van der Waals surface area contributed by atoms with Crippen LogP contribution >= 0.6 is 23.5 Å². The molecular formula is C21H24ClF3N4OS. The van der Waals surface area contributed by atoms with Crippen molar-refractivity contribution in [3.05, 3.63) is 46.9 Å². The van der Waals surface area contributed by atoms with Gasteiger partial charge in [0, 0.05) is 38.3 Å². The number of nitrogens with zero attached hydrogens (tertiary/aromatic N) is 2. The molecule has 1 atom stereocenters. The number of halogens is 4. The Kier molecular flexibility index (Phi) is 6.31. The van der Waals surface area contributed by atoms with Gasteiger partial charge in [-0.2, -0.15) is 4.39 Å². The summed E-state index contributed by atoms with van der Waals surface area (Å²) < 4.78 is 51.4. The van der Waals surface area contributed by atoms with Crippen LogP contribution in [0.15, 0.2) is 29.2 Å². The van der Waals surface area contributed by atoms with Crippen LogP contribution in [0.25, 0.3) is 0 Å². The lowest BCUT2D eigenvalue weighted by molar-refractivity contribution is 0.00714. The summed E-state index contributed by atoms with van der Waals surface area (Å²) in [6, 6.07) is 5.35. The average molecular weight is 473 g/mol. The number of pyridine rings is 1. The highest BCUT2D eigenvalue weighted by atomic mass is 35.5. The molecule has 2 aliphatic rings. The number of hydrogen-bond donors (Lipinski definition) is 2. The molecule has 1 aromatic carbocycles. The van der Waals surface area contributed by atoms with Crippen LogP contribution in [-0.4, -0.2) is 42.9 Å². The Morgan fingerprint density at radius 2 is 2.03 bits per heavy atom. The molecule has 1 saturated heterocycles. The first-order valence-corrected chi connectivity index (χ1v) is 11.2. The summed E-state index contributed by atoms with van der Waals surface area (Å²) in [7, 11) is 1.66. The third-order valence-corrected chi connectivity index (χ3v) is 7.25. The summed E-state index contributed by atoms with van der Waals surface area (Å²) in [6.45, 7) is 3.89. The molecule has 4 rings (SSSR count). The van der Waals surface area contributed by atoms with Gasteiger partial charge >= 0.3 is 0 Å². The standard InChI is InChI=1S/C21H24ClF3N4OS/c1-20(6-7-20)26-11-21(30-2)8-9-29(12-21)14-10-13(23)19(18(25)17(14)22)31-28-16-5-3-4-15(24)27-16/h3-5,10,26H,6-9,11-12H2,1-2H3,(H,27,28)/t21-/m1/s1. The number of aromatic nitrogens is 1. The van der Waals surface area contributed by atoms with Gasteiger partial charge in [0.15, 0.2) is 5.82 Å². The number of ether oxygens (including phenoxy) is 1. The van der Waals surface area contributed by atoms with Gasteiger partial charge in [-0.05, 0) is 50.3 Å². The highest BCUT2D eigenvalue weighted by molar-refractivity contribution is 8.00. The molecular weight excluding hydrogens is 449 g/mol. The van der Waals surface area contributed by atoms with Crippen LogP contribution in [0, 0.1) is 17.6 Å². The molecule has 1 aliphatic heterocycles. The first kappa shape index (κ1) is 22.5. The average Bonchev–Trinajstić information content (AvgIpc) is 3.33. The van der Waals surface area contributed by atoms with Gasteiger partial charge in [0.05, 0.1) is 11.3 Å². The molecule has 2 heterocycles. The second-order valence-corrected chi connectivity index (χ2v) is 9.55. The molecule has 31 heavy (non-hydrogen) atoms. The zero-order valence-corrected chi connectivity index (χ0v) is 18.8. The van der Waals surface area contributed by atoms with E-state index in [2.05, 4.69) is 21.9 Å². The summed E-state index contributed by atoms with van der Waals surface area (Å²) in [6.07, 6.45) is 2.99. The van der Waals surface area contributed by atoms with Gasteiger partial charge < -0.3 is 19.7 Å². The maximum absolute atomic E-state index is 14.9. The fraction of sp³-hybridized carbons (Fsp3) is 0.476. The van der Waals surface area contributed by atoms with E-state index >= 15 is 0 Å². The normalized spacial score (nSPS) is 22.1. The lowest BCUT2D eigenvalue weighted by atomic mass is 10.0. The van der Waals surface area contributed by atoms with Gasteiger partial charge in [0.25, 0.3) is 0 Å². The van der Waals surface area contributed by atoms with E-state index in [0.717, 1.165) is 19.3 Å². The Hall–Kier alpha value is -1.68. The van der Waals surface area contributed by atoms with Gasteiger partial charge in [-0.25, -0.2) is 13.8 Å². The molecule has 10 heteroatoms. The van der Waals surface area contributed by atoms with Crippen molar-refractivity contribution < 1.29 is 17.9 Å². The zero-order chi connectivity index (χ0) is 22.2. The predicted octanol–water partition coefficient (Wildman–Crippen LogP) is 5.01. The van der Waals surface area contributed by atoms with Gasteiger partial charge in [-0.3, -0.25) is 0 Å². The lowest BCUT2D eigenvalue weighted by Crippen LogP contribution is -2.48. The Labute approximate surface area is 188 Å². The smallest absolute Gasteiger partial charge is 0.214 e. The maximum atomic E-state index is 14.9.